The van der Waals surface area contributed by atoms with Crippen LogP contribution >= 0.6 is 0 Å². The topological polar surface area (TPSA) is 35.5 Å². The molecule has 0 aromatic heterocycles. The van der Waals surface area contributed by atoms with Crippen LogP contribution < -0.4 is 5.32 Å². The maximum atomic E-state index is 13.3. The zero-order chi connectivity index (χ0) is 15.4. The Morgan fingerprint density at radius 1 is 1.10 bits per heavy atom. The molecule has 2 aromatic carbocycles. The van der Waals surface area contributed by atoms with Crippen molar-refractivity contribution in [1.29, 1.82) is 0 Å². The average Bonchev–Trinajstić information content (AvgIpc) is 2.43. The van der Waals surface area contributed by atoms with E-state index in [1.54, 1.807) is 0 Å². The van der Waals surface area contributed by atoms with Crippen molar-refractivity contribution >= 4 is 5.69 Å². The largest absolute Gasteiger partial charge is 0.503 e. The first-order chi connectivity index (χ1) is 9.97. The molecule has 5 heteroatoms. The summed E-state index contributed by atoms with van der Waals surface area (Å²) >= 11 is 0. The van der Waals surface area contributed by atoms with E-state index in [1.165, 1.54) is 0 Å². The van der Waals surface area contributed by atoms with Crippen molar-refractivity contribution in [3.05, 3.63) is 59.2 Å². The lowest BCUT2D eigenvalue weighted by molar-refractivity contribution is 0.395. The van der Waals surface area contributed by atoms with Crippen LogP contribution in [-0.4, -0.2) is 24.1 Å². The van der Waals surface area contributed by atoms with E-state index in [0.717, 1.165) is 29.9 Å². The lowest BCUT2D eigenvalue weighted by atomic mass is 10.1. The quantitative estimate of drug-likeness (QED) is 0.887. The van der Waals surface area contributed by atoms with E-state index in [2.05, 4.69) is 5.32 Å². The molecule has 0 aliphatic heterocycles. The molecule has 21 heavy (non-hydrogen) atoms. The van der Waals surface area contributed by atoms with Crippen LogP contribution in [0.15, 0.2) is 36.4 Å². The maximum Gasteiger partial charge on any atom is 0.187 e. The smallest absolute Gasteiger partial charge is 0.187 e. The van der Waals surface area contributed by atoms with Gasteiger partial charge in [-0.3, -0.25) is 0 Å². The number of aromatic hydroxyl groups is 1. The van der Waals surface area contributed by atoms with Crippen molar-refractivity contribution in [1.82, 2.24) is 4.90 Å². The number of benzene rings is 2. The second-order valence-corrected chi connectivity index (χ2v) is 5.16. The minimum absolute atomic E-state index is 0.276. The summed E-state index contributed by atoms with van der Waals surface area (Å²) in [6.07, 6.45) is 0. The number of anilines is 1. The van der Waals surface area contributed by atoms with Gasteiger partial charge >= 0.3 is 0 Å². The highest BCUT2D eigenvalue weighted by molar-refractivity contribution is 5.51. The Kier molecular flexibility index (Phi) is 4.75. The van der Waals surface area contributed by atoms with Gasteiger partial charge in [0.15, 0.2) is 17.4 Å². The average molecular weight is 292 g/mol. The van der Waals surface area contributed by atoms with Gasteiger partial charge in [-0.15, -0.1) is 0 Å². The van der Waals surface area contributed by atoms with Crippen LogP contribution in [0.25, 0.3) is 0 Å². The van der Waals surface area contributed by atoms with Crippen molar-refractivity contribution in [2.45, 2.75) is 13.1 Å². The first-order valence-electron chi connectivity index (χ1n) is 6.60. The van der Waals surface area contributed by atoms with Crippen LogP contribution in [0.5, 0.6) is 5.75 Å². The predicted molar refractivity (Wildman–Crippen MR) is 79.2 cm³/mol. The molecule has 0 aliphatic carbocycles. The Hall–Kier alpha value is -2.14. The van der Waals surface area contributed by atoms with Gasteiger partial charge in [0.1, 0.15) is 0 Å². The molecule has 0 radical (unpaired) electrons. The van der Waals surface area contributed by atoms with Crippen molar-refractivity contribution < 1.29 is 13.9 Å². The summed E-state index contributed by atoms with van der Waals surface area (Å²) < 4.78 is 26.6. The second kappa shape index (κ2) is 6.54. The molecule has 0 aliphatic rings. The molecule has 0 spiro atoms. The molecule has 2 aromatic rings. The Bertz CT molecular complexity index is 606. The Morgan fingerprint density at radius 3 is 2.33 bits per heavy atom. The molecule has 0 heterocycles. The van der Waals surface area contributed by atoms with Crippen molar-refractivity contribution in [3.63, 3.8) is 0 Å². The minimum atomic E-state index is -0.951. The summed E-state index contributed by atoms with van der Waals surface area (Å²) in [4.78, 5) is 2.04. The molecule has 0 amide bonds. The number of phenolic OH excluding ortho intramolecular Hbond substituents is 1. The molecule has 3 nitrogen and oxygen atoms in total. The fraction of sp³-hybridized carbons (Fsp3) is 0.250. The van der Waals surface area contributed by atoms with E-state index in [-0.39, 0.29) is 6.54 Å². The summed E-state index contributed by atoms with van der Waals surface area (Å²) in [5.41, 5.74) is 2.45. The molecule has 0 saturated heterocycles. The highest BCUT2D eigenvalue weighted by Crippen LogP contribution is 2.23. The third kappa shape index (κ3) is 3.92. The molecular formula is C16H18F2N2O. The number of halogens is 2. The zero-order valence-electron chi connectivity index (χ0n) is 12.0. The van der Waals surface area contributed by atoms with E-state index >= 15 is 0 Å². The van der Waals surface area contributed by atoms with Crippen molar-refractivity contribution in [3.8, 4) is 5.75 Å². The van der Waals surface area contributed by atoms with Crippen LogP contribution in [0.2, 0.25) is 0 Å². The van der Waals surface area contributed by atoms with Gasteiger partial charge < -0.3 is 15.3 Å². The first-order valence-corrected chi connectivity index (χ1v) is 6.60. The summed E-state index contributed by atoms with van der Waals surface area (Å²) in [7, 11) is 3.95. The summed E-state index contributed by atoms with van der Waals surface area (Å²) in [5, 5.41) is 12.3. The predicted octanol–water partition coefficient (Wildman–Crippen LogP) is 3.34. The van der Waals surface area contributed by atoms with E-state index in [9.17, 15) is 8.78 Å². The van der Waals surface area contributed by atoms with Gasteiger partial charge in [-0.1, -0.05) is 18.2 Å². The zero-order valence-corrected chi connectivity index (χ0v) is 12.0. The highest BCUT2D eigenvalue weighted by Gasteiger charge is 2.10. The second-order valence-electron chi connectivity index (χ2n) is 5.16. The molecular weight excluding hydrogens is 274 g/mol. The van der Waals surface area contributed by atoms with Gasteiger partial charge in [-0.05, 0) is 43.4 Å². The van der Waals surface area contributed by atoms with Crippen LogP contribution in [0.4, 0.5) is 14.5 Å². The SMILES string of the molecule is CN(C)Cc1ccccc1NCc1cc(F)c(O)c(F)c1. The van der Waals surface area contributed by atoms with Gasteiger partial charge in [0.05, 0.1) is 0 Å². The molecule has 2 rings (SSSR count). The fourth-order valence-electron chi connectivity index (χ4n) is 2.09. The number of nitrogens with zero attached hydrogens (tertiary/aromatic N) is 1. The summed E-state index contributed by atoms with van der Waals surface area (Å²) in [5.74, 6) is -2.84. The summed E-state index contributed by atoms with van der Waals surface area (Å²) in [6, 6.07) is 10.0. The summed E-state index contributed by atoms with van der Waals surface area (Å²) in [6.45, 7) is 1.04. The third-order valence-corrected chi connectivity index (χ3v) is 3.06. The monoisotopic (exact) mass is 292 g/mol. The number of nitrogens with one attached hydrogen (secondary N) is 1. The molecule has 0 bridgehead atoms. The number of hydrogen-bond donors (Lipinski definition) is 2. The van der Waals surface area contributed by atoms with Crippen LogP contribution in [0, 0.1) is 11.6 Å². The van der Waals surface area contributed by atoms with Crippen LogP contribution in [-0.2, 0) is 13.1 Å². The van der Waals surface area contributed by atoms with Gasteiger partial charge in [-0.25, -0.2) is 8.78 Å². The Balaban J connectivity index is 2.13. The third-order valence-electron chi connectivity index (χ3n) is 3.06. The van der Waals surface area contributed by atoms with Crippen molar-refractivity contribution in [2.75, 3.05) is 19.4 Å². The minimum Gasteiger partial charge on any atom is -0.503 e. The van der Waals surface area contributed by atoms with E-state index in [0.29, 0.717) is 5.56 Å². The maximum absolute atomic E-state index is 13.3. The molecule has 0 atom stereocenters. The number of para-hydroxylation sites is 1. The number of hydrogen-bond acceptors (Lipinski definition) is 3. The lowest BCUT2D eigenvalue weighted by Gasteiger charge is -2.15. The lowest BCUT2D eigenvalue weighted by Crippen LogP contribution is -2.13. The molecule has 0 fully saturated rings. The van der Waals surface area contributed by atoms with Crippen LogP contribution in [0.1, 0.15) is 11.1 Å². The van der Waals surface area contributed by atoms with E-state index in [4.69, 9.17) is 5.11 Å². The molecule has 0 saturated carbocycles. The first kappa shape index (κ1) is 15.3. The standard InChI is InChI=1S/C16H18F2N2O/c1-20(2)10-12-5-3-4-6-15(12)19-9-11-7-13(17)16(21)14(18)8-11/h3-8,19,21H,9-10H2,1-2H3. The molecule has 112 valence electrons. The Morgan fingerprint density at radius 2 is 1.71 bits per heavy atom. The van der Waals surface area contributed by atoms with Gasteiger partial charge in [0, 0.05) is 18.8 Å². The van der Waals surface area contributed by atoms with Gasteiger partial charge in [-0.2, -0.15) is 0 Å². The fourth-order valence-corrected chi connectivity index (χ4v) is 2.09. The number of phenols is 1. The highest BCUT2D eigenvalue weighted by atomic mass is 19.1. The van der Waals surface area contributed by atoms with E-state index in [1.807, 2.05) is 43.3 Å². The van der Waals surface area contributed by atoms with Crippen LogP contribution in [0.3, 0.4) is 0 Å². The van der Waals surface area contributed by atoms with E-state index < -0.39 is 17.4 Å². The van der Waals surface area contributed by atoms with Gasteiger partial charge in [0.2, 0.25) is 0 Å². The van der Waals surface area contributed by atoms with Crippen molar-refractivity contribution in [2.24, 2.45) is 0 Å². The molecule has 0 unspecified atom stereocenters. The number of rotatable bonds is 5. The Labute approximate surface area is 122 Å². The molecule has 2 N–H and O–H groups in total. The van der Waals surface area contributed by atoms with Gasteiger partial charge in [0.25, 0.3) is 0 Å². The normalized spacial score (nSPS) is 10.9.